The standard InChI is InChI=1S/C14H12O3/c1-17-13-8-6-10-4-2-3-5-11(10)12(13)7-9-14(15)16/h2-9H,1H3,(H,15,16). The molecule has 0 saturated heterocycles. The third-order valence-electron chi connectivity index (χ3n) is 2.54. The second kappa shape index (κ2) is 4.70. The van der Waals surface area contributed by atoms with Gasteiger partial charge in [-0.3, -0.25) is 0 Å². The van der Waals surface area contributed by atoms with Crippen LogP contribution in [0, 0.1) is 0 Å². The van der Waals surface area contributed by atoms with Crippen LogP contribution in [0.2, 0.25) is 0 Å². The Morgan fingerprint density at radius 2 is 2.00 bits per heavy atom. The molecule has 0 radical (unpaired) electrons. The smallest absolute Gasteiger partial charge is 0.328 e. The first-order valence-corrected chi connectivity index (χ1v) is 5.19. The van der Waals surface area contributed by atoms with Gasteiger partial charge in [-0.1, -0.05) is 30.3 Å². The van der Waals surface area contributed by atoms with Crippen LogP contribution in [0.4, 0.5) is 0 Å². The van der Waals surface area contributed by atoms with Crippen LogP contribution in [0.15, 0.2) is 42.5 Å². The number of aliphatic carboxylic acids is 1. The van der Waals surface area contributed by atoms with Crippen molar-refractivity contribution in [2.24, 2.45) is 0 Å². The summed E-state index contributed by atoms with van der Waals surface area (Å²) in [4.78, 5) is 10.6. The molecule has 0 unspecified atom stereocenters. The Labute approximate surface area is 99.0 Å². The summed E-state index contributed by atoms with van der Waals surface area (Å²) in [6, 6.07) is 11.6. The molecule has 2 aromatic carbocycles. The maximum Gasteiger partial charge on any atom is 0.328 e. The SMILES string of the molecule is COc1ccc2ccccc2c1C=CC(=O)O. The number of carbonyl (C=O) groups is 1. The zero-order valence-electron chi connectivity index (χ0n) is 9.38. The van der Waals surface area contributed by atoms with Crippen LogP contribution >= 0.6 is 0 Å². The minimum atomic E-state index is -0.972. The zero-order chi connectivity index (χ0) is 12.3. The number of methoxy groups -OCH3 is 1. The predicted molar refractivity (Wildman–Crippen MR) is 67.2 cm³/mol. The second-order valence-electron chi connectivity index (χ2n) is 3.57. The highest BCUT2D eigenvalue weighted by Crippen LogP contribution is 2.28. The number of ether oxygens (including phenoxy) is 1. The molecule has 0 aromatic heterocycles. The van der Waals surface area contributed by atoms with E-state index in [2.05, 4.69) is 0 Å². The quantitative estimate of drug-likeness (QED) is 0.821. The Hall–Kier alpha value is -2.29. The Bertz CT molecular complexity index is 585. The van der Waals surface area contributed by atoms with Crippen molar-refractivity contribution in [1.29, 1.82) is 0 Å². The van der Waals surface area contributed by atoms with E-state index in [0.717, 1.165) is 22.4 Å². The summed E-state index contributed by atoms with van der Waals surface area (Å²) in [5, 5.41) is 10.7. The highest BCUT2D eigenvalue weighted by atomic mass is 16.5. The molecule has 3 nitrogen and oxygen atoms in total. The van der Waals surface area contributed by atoms with E-state index < -0.39 is 5.97 Å². The maximum atomic E-state index is 10.6. The topological polar surface area (TPSA) is 46.5 Å². The number of carboxylic acids is 1. The van der Waals surface area contributed by atoms with Crippen molar-refractivity contribution in [2.45, 2.75) is 0 Å². The first kappa shape index (κ1) is 11.2. The Morgan fingerprint density at radius 3 is 2.71 bits per heavy atom. The van der Waals surface area contributed by atoms with Crippen molar-refractivity contribution in [3.63, 3.8) is 0 Å². The number of carboxylic acid groups (broad SMARTS) is 1. The van der Waals surface area contributed by atoms with E-state index in [9.17, 15) is 4.79 Å². The summed E-state index contributed by atoms with van der Waals surface area (Å²) in [6.07, 6.45) is 2.67. The largest absolute Gasteiger partial charge is 0.496 e. The van der Waals surface area contributed by atoms with E-state index in [1.165, 1.54) is 0 Å². The molecular weight excluding hydrogens is 216 g/mol. The van der Waals surface area contributed by atoms with Crippen molar-refractivity contribution in [1.82, 2.24) is 0 Å². The fraction of sp³-hybridized carbons (Fsp3) is 0.0714. The van der Waals surface area contributed by atoms with Crippen LogP contribution in [0.25, 0.3) is 16.8 Å². The van der Waals surface area contributed by atoms with Crippen LogP contribution in [0.5, 0.6) is 5.75 Å². The highest BCUT2D eigenvalue weighted by molar-refractivity contribution is 5.96. The average molecular weight is 228 g/mol. The summed E-state index contributed by atoms with van der Waals surface area (Å²) >= 11 is 0. The van der Waals surface area contributed by atoms with Crippen molar-refractivity contribution in [3.8, 4) is 5.75 Å². The van der Waals surface area contributed by atoms with Crippen molar-refractivity contribution in [2.75, 3.05) is 7.11 Å². The van der Waals surface area contributed by atoms with Gasteiger partial charge in [0.15, 0.2) is 0 Å². The second-order valence-corrected chi connectivity index (χ2v) is 3.57. The molecule has 0 spiro atoms. The van der Waals surface area contributed by atoms with Gasteiger partial charge in [-0.25, -0.2) is 4.79 Å². The Morgan fingerprint density at radius 1 is 1.24 bits per heavy atom. The minimum absolute atomic E-state index is 0.668. The van der Waals surface area contributed by atoms with Crippen LogP contribution < -0.4 is 4.74 Å². The summed E-state index contributed by atoms with van der Waals surface area (Å²) < 4.78 is 5.24. The summed E-state index contributed by atoms with van der Waals surface area (Å²) in [5.41, 5.74) is 0.785. The molecule has 0 atom stereocenters. The van der Waals surface area contributed by atoms with Crippen LogP contribution in [0.1, 0.15) is 5.56 Å². The van der Waals surface area contributed by atoms with Crippen LogP contribution in [-0.4, -0.2) is 18.2 Å². The van der Waals surface area contributed by atoms with Gasteiger partial charge in [0.2, 0.25) is 0 Å². The van der Waals surface area contributed by atoms with Crippen LogP contribution in [0.3, 0.4) is 0 Å². The van der Waals surface area contributed by atoms with Gasteiger partial charge >= 0.3 is 5.97 Å². The van der Waals surface area contributed by atoms with Gasteiger partial charge < -0.3 is 9.84 Å². The van der Waals surface area contributed by atoms with E-state index in [1.807, 2.05) is 36.4 Å². The van der Waals surface area contributed by atoms with Crippen LogP contribution in [-0.2, 0) is 4.79 Å². The molecule has 0 heterocycles. The lowest BCUT2D eigenvalue weighted by molar-refractivity contribution is -0.131. The van der Waals surface area contributed by atoms with Gasteiger partial charge in [0, 0.05) is 11.6 Å². The molecule has 1 N–H and O–H groups in total. The molecule has 0 fully saturated rings. The molecule has 17 heavy (non-hydrogen) atoms. The lowest BCUT2D eigenvalue weighted by Crippen LogP contribution is -1.90. The van der Waals surface area contributed by atoms with Gasteiger partial charge in [0.05, 0.1) is 7.11 Å². The van der Waals surface area contributed by atoms with Gasteiger partial charge in [0.1, 0.15) is 5.75 Å². The molecule has 0 saturated carbocycles. The van der Waals surface area contributed by atoms with Gasteiger partial charge in [-0.2, -0.15) is 0 Å². The molecule has 0 aliphatic carbocycles. The van der Waals surface area contributed by atoms with E-state index in [-0.39, 0.29) is 0 Å². The van der Waals surface area contributed by atoms with Crippen molar-refractivity contribution in [3.05, 3.63) is 48.0 Å². The van der Waals surface area contributed by atoms with Crippen molar-refractivity contribution >= 4 is 22.8 Å². The molecule has 0 aliphatic rings. The van der Waals surface area contributed by atoms with Gasteiger partial charge in [-0.15, -0.1) is 0 Å². The Kier molecular flexibility index (Phi) is 3.10. The first-order chi connectivity index (χ1) is 8.22. The lowest BCUT2D eigenvalue weighted by Gasteiger charge is -2.08. The molecule has 0 amide bonds. The monoisotopic (exact) mass is 228 g/mol. The average Bonchev–Trinajstić information content (AvgIpc) is 2.35. The maximum absolute atomic E-state index is 10.6. The molecule has 0 aliphatic heterocycles. The molecule has 0 bridgehead atoms. The lowest BCUT2D eigenvalue weighted by atomic mass is 10.0. The van der Waals surface area contributed by atoms with E-state index in [4.69, 9.17) is 9.84 Å². The van der Waals surface area contributed by atoms with E-state index in [0.29, 0.717) is 5.75 Å². The minimum Gasteiger partial charge on any atom is -0.496 e. The predicted octanol–water partition coefficient (Wildman–Crippen LogP) is 2.95. The number of fused-ring (bicyclic) bond motifs is 1. The zero-order valence-corrected chi connectivity index (χ0v) is 9.38. The molecule has 2 rings (SSSR count). The normalized spacial score (nSPS) is 10.9. The molecule has 3 heteroatoms. The third-order valence-corrected chi connectivity index (χ3v) is 2.54. The van der Waals surface area contributed by atoms with Gasteiger partial charge in [-0.05, 0) is 22.9 Å². The first-order valence-electron chi connectivity index (χ1n) is 5.19. The fourth-order valence-electron chi connectivity index (χ4n) is 1.78. The third kappa shape index (κ3) is 2.28. The van der Waals surface area contributed by atoms with Crippen molar-refractivity contribution < 1.29 is 14.6 Å². The number of hydrogen-bond donors (Lipinski definition) is 1. The summed E-state index contributed by atoms with van der Waals surface area (Å²) in [7, 11) is 1.57. The number of benzene rings is 2. The highest BCUT2D eigenvalue weighted by Gasteiger charge is 2.05. The van der Waals surface area contributed by atoms with E-state index >= 15 is 0 Å². The fourth-order valence-corrected chi connectivity index (χ4v) is 1.78. The number of hydrogen-bond acceptors (Lipinski definition) is 2. The summed E-state index contributed by atoms with van der Waals surface area (Å²) in [6.45, 7) is 0. The molecule has 86 valence electrons. The number of rotatable bonds is 3. The molecule has 2 aromatic rings. The van der Waals surface area contributed by atoms with E-state index in [1.54, 1.807) is 13.2 Å². The van der Waals surface area contributed by atoms with Gasteiger partial charge in [0.25, 0.3) is 0 Å². The Balaban J connectivity index is 2.67. The molecular formula is C14H12O3. The summed E-state index contributed by atoms with van der Waals surface area (Å²) in [5.74, 6) is -0.304.